The van der Waals surface area contributed by atoms with E-state index in [4.69, 9.17) is 38.0 Å². The molecule has 19 atom stereocenters. The quantitative estimate of drug-likeness (QED) is 0.122. The van der Waals surface area contributed by atoms with Crippen molar-refractivity contribution in [3.63, 3.8) is 0 Å². The summed E-state index contributed by atoms with van der Waals surface area (Å²) in [6, 6.07) is -0.264. The van der Waals surface area contributed by atoms with Gasteiger partial charge in [0.2, 0.25) is 0 Å². The molecule has 3 rings (SSSR count). The van der Waals surface area contributed by atoms with E-state index in [1.807, 2.05) is 27.8 Å². The SMILES string of the molecule is CC[C@H]1OC(=O)[C@H](C)[C@@H](O[C@H]2C[C@@](C)(OC)[C@@H](O)[C@H](C)O2)[C@H](C)[C@@H](O[C@@H]2O[C@H](C)C[C@H](N(C)C(C)C)[C@H]2O)[C@](C)(O)C[C@@H](C)[C@H](OCC(=O)NOC)[C@H](C)[C@@H](O)[C@]1(C)O. The molecule has 0 unspecified atom stereocenters. The van der Waals surface area contributed by atoms with E-state index in [1.54, 1.807) is 55.4 Å². The van der Waals surface area contributed by atoms with Crippen LogP contribution in [0.4, 0.5) is 0 Å². The zero-order chi connectivity index (χ0) is 44.9. The number of cyclic esters (lactones) is 1. The van der Waals surface area contributed by atoms with E-state index in [1.165, 1.54) is 21.1 Å². The number of hydrogen-bond acceptors (Lipinski definition) is 16. The molecule has 3 aliphatic rings. The summed E-state index contributed by atoms with van der Waals surface area (Å²) in [6.07, 6.45) is -10.8. The van der Waals surface area contributed by atoms with Gasteiger partial charge in [-0.1, -0.05) is 27.7 Å². The van der Waals surface area contributed by atoms with Crippen LogP contribution in [0.2, 0.25) is 0 Å². The highest BCUT2D eigenvalue weighted by Gasteiger charge is 2.54. The maximum absolute atomic E-state index is 14.4. The lowest BCUT2D eigenvalue weighted by Crippen LogP contribution is -2.62. The van der Waals surface area contributed by atoms with Crippen molar-refractivity contribution in [2.75, 3.05) is 27.9 Å². The number of methoxy groups -OCH3 is 1. The molecule has 59 heavy (non-hydrogen) atoms. The van der Waals surface area contributed by atoms with E-state index in [0.717, 1.165) is 0 Å². The maximum atomic E-state index is 14.4. The number of aliphatic hydroxyl groups excluding tert-OH is 3. The van der Waals surface area contributed by atoms with Gasteiger partial charge in [0.15, 0.2) is 12.6 Å². The molecule has 3 heterocycles. The van der Waals surface area contributed by atoms with Crippen molar-refractivity contribution < 1.29 is 73.1 Å². The Morgan fingerprint density at radius 3 is 2.12 bits per heavy atom. The summed E-state index contributed by atoms with van der Waals surface area (Å²) in [4.78, 5) is 33.7. The van der Waals surface area contributed by atoms with E-state index in [0.29, 0.717) is 6.42 Å². The number of rotatable bonds is 12. The van der Waals surface area contributed by atoms with Crippen LogP contribution in [0.1, 0.15) is 109 Å². The van der Waals surface area contributed by atoms with Gasteiger partial charge >= 0.3 is 5.97 Å². The molecule has 0 spiro atoms. The average Bonchev–Trinajstić information content (AvgIpc) is 3.16. The van der Waals surface area contributed by atoms with Crippen LogP contribution in [0.5, 0.6) is 0 Å². The Hall–Kier alpha value is -1.58. The highest BCUT2D eigenvalue weighted by atomic mass is 16.7. The molecule has 346 valence electrons. The molecule has 0 radical (unpaired) electrons. The van der Waals surface area contributed by atoms with Crippen LogP contribution in [0, 0.1) is 23.7 Å². The summed E-state index contributed by atoms with van der Waals surface area (Å²) in [6.45, 7) is 20.4. The first-order chi connectivity index (χ1) is 27.3. The molecule has 0 aromatic heterocycles. The minimum Gasteiger partial charge on any atom is -0.459 e. The number of esters is 1. The lowest BCUT2D eigenvalue weighted by atomic mass is 9.73. The summed E-state index contributed by atoms with van der Waals surface area (Å²) in [7, 11) is 4.69. The number of carbonyl (C=O) groups excluding carboxylic acids is 2. The number of carbonyl (C=O) groups is 2. The number of nitrogens with zero attached hydrogens (tertiary/aromatic N) is 1. The largest absolute Gasteiger partial charge is 0.459 e. The number of hydrogen-bond donors (Lipinski definition) is 6. The van der Waals surface area contributed by atoms with E-state index in [-0.39, 0.29) is 37.5 Å². The average molecular weight is 851 g/mol. The summed E-state index contributed by atoms with van der Waals surface area (Å²) in [5, 5.41) is 59.5. The predicted molar refractivity (Wildman–Crippen MR) is 215 cm³/mol. The van der Waals surface area contributed by atoms with Crippen LogP contribution < -0.4 is 5.48 Å². The Morgan fingerprint density at radius 1 is 0.932 bits per heavy atom. The van der Waals surface area contributed by atoms with E-state index < -0.39 is 120 Å². The third kappa shape index (κ3) is 12.1. The molecule has 0 aromatic carbocycles. The Balaban J connectivity index is 2.24. The monoisotopic (exact) mass is 851 g/mol. The number of nitrogens with one attached hydrogen (secondary N) is 1. The second-order valence-corrected chi connectivity index (χ2v) is 18.5. The van der Waals surface area contributed by atoms with Gasteiger partial charge in [0.25, 0.3) is 5.91 Å². The van der Waals surface area contributed by atoms with Crippen LogP contribution in [0.15, 0.2) is 0 Å². The van der Waals surface area contributed by atoms with Crippen molar-refractivity contribution in [1.82, 2.24) is 10.4 Å². The number of amides is 1. The van der Waals surface area contributed by atoms with E-state index in [9.17, 15) is 35.1 Å². The van der Waals surface area contributed by atoms with Crippen LogP contribution in [0.25, 0.3) is 0 Å². The fourth-order valence-corrected chi connectivity index (χ4v) is 9.48. The van der Waals surface area contributed by atoms with Crippen molar-refractivity contribution in [2.24, 2.45) is 23.7 Å². The van der Waals surface area contributed by atoms with Gasteiger partial charge in [-0.3, -0.25) is 19.3 Å². The highest BCUT2D eigenvalue weighted by molar-refractivity contribution is 5.76. The van der Waals surface area contributed by atoms with Gasteiger partial charge in [-0.2, -0.15) is 0 Å². The van der Waals surface area contributed by atoms with E-state index in [2.05, 4.69) is 10.4 Å². The fourth-order valence-electron chi connectivity index (χ4n) is 9.48. The molecular formula is C42H78N2O15. The number of ether oxygens (including phenoxy) is 7. The van der Waals surface area contributed by atoms with Crippen LogP contribution in [-0.2, 0) is 47.6 Å². The van der Waals surface area contributed by atoms with Crippen molar-refractivity contribution in [1.29, 1.82) is 0 Å². The second-order valence-electron chi connectivity index (χ2n) is 18.5. The van der Waals surface area contributed by atoms with E-state index >= 15 is 0 Å². The molecule has 3 saturated heterocycles. The molecule has 6 N–H and O–H groups in total. The molecule has 1 amide bonds. The number of hydroxylamine groups is 1. The van der Waals surface area contributed by atoms with Crippen LogP contribution in [-0.4, -0.2) is 167 Å². The smallest absolute Gasteiger partial charge is 0.311 e. The topological polar surface area (TPSA) is 224 Å². The zero-order valence-corrected chi connectivity index (χ0v) is 38.1. The zero-order valence-electron chi connectivity index (χ0n) is 38.1. The Labute approximate surface area is 351 Å². The highest BCUT2D eigenvalue weighted by Crippen LogP contribution is 2.42. The lowest BCUT2D eigenvalue weighted by molar-refractivity contribution is -0.319. The van der Waals surface area contributed by atoms with Gasteiger partial charge < -0.3 is 58.7 Å². The molecule has 3 fully saturated rings. The Morgan fingerprint density at radius 2 is 1.56 bits per heavy atom. The van der Waals surface area contributed by atoms with Crippen molar-refractivity contribution in [2.45, 2.75) is 205 Å². The first kappa shape index (κ1) is 51.8. The van der Waals surface area contributed by atoms with Gasteiger partial charge in [0.1, 0.15) is 30.5 Å². The van der Waals surface area contributed by atoms with Crippen LogP contribution >= 0.6 is 0 Å². The number of likely N-dealkylation sites (N-methyl/N-ethyl adjacent to an activating group) is 1. The minimum absolute atomic E-state index is 0.0564. The van der Waals surface area contributed by atoms with Crippen LogP contribution in [0.3, 0.4) is 0 Å². The van der Waals surface area contributed by atoms with Crippen molar-refractivity contribution >= 4 is 11.9 Å². The van der Waals surface area contributed by atoms with Gasteiger partial charge in [-0.05, 0) is 87.6 Å². The summed E-state index contributed by atoms with van der Waals surface area (Å²) >= 11 is 0. The lowest BCUT2D eigenvalue weighted by Gasteiger charge is -2.50. The molecule has 0 aliphatic carbocycles. The first-order valence-corrected chi connectivity index (χ1v) is 21.3. The molecule has 17 nitrogen and oxygen atoms in total. The minimum atomic E-state index is -2.00. The molecular weight excluding hydrogens is 772 g/mol. The molecule has 0 saturated carbocycles. The molecule has 0 aromatic rings. The van der Waals surface area contributed by atoms with Crippen molar-refractivity contribution in [3.8, 4) is 0 Å². The van der Waals surface area contributed by atoms with Crippen molar-refractivity contribution in [3.05, 3.63) is 0 Å². The fraction of sp³-hybridized carbons (Fsp3) is 0.952. The Bertz CT molecular complexity index is 1340. The summed E-state index contributed by atoms with van der Waals surface area (Å²) in [5.41, 5.74) is -2.66. The molecule has 17 heteroatoms. The summed E-state index contributed by atoms with van der Waals surface area (Å²) in [5.74, 6) is -4.81. The maximum Gasteiger partial charge on any atom is 0.311 e. The number of aliphatic hydroxyl groups is 5. The van der Waals surface area contributed by atoms with Gasteiger partial charge in [-0.25, -0.2) is 5.48 Å². The third-order valence-corrected chi connectivity index (χ3v) is 13.3. The predicted octanol–water partition coefficient (Wildman–Crippen LogP) is 2.06. The normalized spacial score (nSPS) is 45.8. The Kier molecular flexibility index (Phi) is 18.6. The van der Waals surface area contributed by atoms with Gasteiger partial charge in [-0.15, -0.1) is 0 Å². The third-order valence-electron chi connectivity index (χ3n) is 13.3. The second kappa shape index (κ2) is 21.2. The van der Waals surface area contributed by atoms with Gasteiger partial charge in [0.05, 0.1) is 60.9 Å². The van der Waals surface area contributed by atoms with Gasteiger partial charge in [0, 0.05) is 37.5 Å². The standard InChI is InChI=1S/C42H78N2O15/c1-16-29-42(12,51)35(47)24(6)33(54-20-30(45)43-53-15)22(4)18-40(10,50)37(59-39-32(46)28(17-23(5)55-39)44(13)21(2)3)25(7)34(26(8)38(49)57-29)58-31-19-41(11,52-14)36(48)27(9)56-31/h21-29,31-37,39,46-48,50-51H,16-20H2,1-15H3,(H,43,45)/t22-,23-,24+,25+,26-,27+,28+,29-,31+,32-,33+,34+,35-,36+,37-,39+,40-,41-,42-/m1/s1. The molecule has 0 bridgehead atoms. The first-order valence-electron chi connectivity index (χ1n) is 21.3. The summed E-state index contributed by atoms with van der Waals surface area (Å²) < 4.78 is 43.9. The molecule has 3 aliphatic heterocycles.